The molecular formula is C20H18FN3O3. The number of morpholine rings is 1. The first-order chi connectivity index (χ1) is 13.0. The second kappa shape index (κ2) is 6.92. The number of pyridine rings is 1. The van der Waals surface area contributed by atoms with Gasteiger partial charge >= 0.3 is 0 Å². The lowest BCUT2D eigenvalue weighted by Gasteiger charge is -2.35. The van der Waals surface area contributed by atoms with Crippen molar-refractivity contribution in [3.05, 3.63) is 75.7 Å². The fraction of sp³-hybridized carbons (Fsp3) is 0.250. The SMILES string of the molecule is Cc1cc(N2CCOC(c3cccc(F)c3)C2)c2cccc([N+](=O)[O-])c2n1. The number of anilines is 1. The number of ether oxygens (including phenoxy) is 1. The summed E-state index contributed by atoms with van der Waals surface area (Å²) in [6.07, 6.45) is -0.267. The van der Waals surface area contributed by atoms with Gasteiger partial charge in [0.1, 0.15) is 11.9 Å². The van der Waals surface area contributed by atoms with E-state index >= 15 is 0 Å². The standard InChI is InChI=1S/C20H18FN3O3/c1-13-10-18(16-6-3-7-17(24(25)26)20(16)22-13)23-8-9-27-19(12-23)14-4-2-5-15(21)11-14/h2-7,10-11,19H,8-9,12H2,1H3. The van der Waals surface area contributed by atoms with E-state index in [2.05, 4.69) is 9.88 Å². The van der Waals surface area contributed by atoms with Gasteiger partial charge in [0.2, 0.25) is 0 Å². The maximum atomic E-state index is 13.6. The third kappa shape index (κ3) is 3.33. The fourth-order valence-electron chi connectivity index (χ4n) is 3.53. The summed E-state index contributed by atoms with van der Waals surface area (Å²) in [6.45, 7) is 3.49. The van der Waals surface area contributed by atoms with Crippen LogP contribution in [0.5, 0.6) is 0 Å². The Morgan fingerprint density at radius 3 is 2.85 bits per heavy atom. The van der Waals surface area contributed by atoms with Crippen molar-refractivity contribution in [2.75, 3.05) is 24.6 Å². The first kappa shape index (κ1) is 17.4. The van der Waals surface area contributed by atoms with E-state index < -0.39 is 4.92 Å². The molecular weight excluding hydrogens is 349 g/mol. The lowest BCUT2D eigenvalue weighted by atomic mass is 10.1. The Morgan fingerprint density at radius 1 is 1.26 bits per heavy atom. The zero-order chi connectivity index (χ0) is 19.0. The summed E-state index contributed by atoms with van der Waals surface area (Å²) in [5.74, 6) is -0.297. The Hall–Kier alpha value is -3.06. The molecule has 3 aromatic rings. The summed E-state index contributed by atoms with van der Waals surface area (Å²) in [5.41, 5.74) is 2.74. The van der Waals surface area contributed by atoms with Gasteiger partial charge in [-0.15, -0.1) is 0 Å². The molecule has 2 aromatic carbocycles. The van der Waals surface area contributed by atoms with Crippen LogP contribution < -0.4 is 4.90 Å². The molecule has 1 aliphatic heterocycles. The van der Waals surface area contributed by atoms with Crippen LogP contribution in [0.3, 0.4) is 0 Å². The number of para-hydroxylation sites is 1. The Bertz CT molecular complexity index is 1020. The molecule has 1 fully saturated rings. The normalized spacial score (nSPS) is 17.3. The highest BCUT2D eigenvalue weighted by Crippen LogP contribution is 2.34. The highest BCUT2D eigenvalue weighted by atomic mass is 19.1. The molecule has 4 rings (SSSR count). The molecule has 1 unspecified atom stereocenters. The minimum absolute atomic E-state index is 0.00705. The molecule has 0 amide bonds. The number of benzene rings is 2. The molecule has 0 N–H and O–H groups in total. The van der Waals surface area contributed by atoms with Crippen molar-refractivity contribution in [2.45, 2.75) is 13.0 Å². The third-order valence-electron chi connectivity index (χ3n) is 4.75. The van der Waals surface area contributed by atoms with E-state index in [1.54, 1.807) is 12.1 Å². The summed E-state index contributed by atoms with van der Waals surface area (Å²) in [6, 6.07) is 13.3. The van der Waals surface area contributed by atoms with E-state index in [-0.39, 0.29) is 17.6 Å². The maximum absolute atomic E-state index is 13.6. The van der Waals surface area contributed by atoms with E-state index in [9.17, 15) is 14.5 Å². The molecule has 0 aliphatic carbocycles. The molecule has 1 aliphatic rings. The first-order valence-corrected chi connectivity index (χ1v) is 8.70. The van der Waals surface area contributed by atoms with Crippen molar-refractivity contribution in [1.29, 1.82) is 0 Å². The molecule has 1 atom stereocenters. The number of fused-ring (bicyclic) bond motifs is 1. The number of nitro groups is 1. The van der Waals surface area contributed by atoms with Crippen molar-refractivity contribution in [1.82, 2.24) is 4.98 Å². The highest BCUT2D eigenvalue weighted by molar-refractivity contribution is 5.97. The van der Waals surface area contributed by atoms with E-state index in [1.807, 2.05) is 25.1 Å². The summed E-state index contributed by atoms with van der Waals surface area (Å²) >= 11 is 0. The largest absolute Gasteiger partial charge is 0.370 e. The topological polar surface area (TPSA) is 68.5 Å². The van der Waals surface area contributed by atoms with Crippen molar-refractivity contribution in [3.63, 3.8) is 0 Å². The highest BCUT2D eigenvalue weighted by Gasteiger charge is 2.25. The van der Waals surface area contributed by atoms with Crippen LogP contribution in [-0.4, -0.2) is 29.6 Å². The predicted octanol–water partition coefficient (Wildman–Crippen LogP) is 4.17. The number of nitro benzene ring substituents is 1. The zero-order valence-electron chi connectivity index (χ0n) is 14.8. The molecule has 0 radical (unpaired) electrons. The van der Waals surface area contributed by atoms with Gasteiger partial charge in [0, 0.05) is 35.9 Å². The van der Waals surface area contributed by atoms with Crippen LogP contribution in [-0.2, 0) is 4.74 Å². The molecule has 6 nitrogen and oxygen atoms in total. The Kier molecular flexibility index (Phi) is 4.45. The van der Waals surface area contributed by atoms with Crippen LogP contribution in [0.4, 0.5) is 15.8 Å². The van der Waals surface area contributed by atoms with Gasteiger partial charge in [0.15, 0.2) is 5.52 Å². The van der Waals surface area contributed by atoms with Crippen molar-refractivity contribution in [3.8, 4) is 0 Å². The fourth-order valence-corrected chi connectivity index (χ4v) is 3.53. The Labute approximate surface area is 155 Å². The molecule has 0 bridgehead atoms. The minimum atomic E-state index is -0.409. The summed E-state index contributed by atoms with van der Waals surface area (Å²) in [7, 11) is 0. The number of aromatic nitrogens is 1. The van der Waals surface area contributed by atoms with E-state index in [0.29, 0.717) is 30.9 Å². The third-order valence-corrected chi connectivity index (χ3v) is 4.75. The number of non-ortho nitro benzene ring substituents is 1. The monoisotopic (exact) mass is 367 g/mol. The van der Waals surface area contributed by atoms with Crippen molar-refractivity contribution < 1.29 is 14.1 Å². The van der Waals surface area contributed by atoms with Crippen LogP contribution >= 0.6 is 0 Å². The van der Waals surface area contributed by atoms with E-state index in [0.717, 1.165) is 16.6 Å². The van der Waals surface area contributed by atoms with Gasteiger partial charge in [-0.2, -0.15) is 0 Å². The summed E-state index contributed by atoms with van der Waals surface area (Å²) in [5, 5.41) is 12.1. The Balaban J connectivity index is 1.75. The van der Waals surface area contributed by atoms with E-state index in [1.165, 1.54) is 18.2 Å². The molecule has 0 saturated carbocycles. The minimum Gasteiger partial charge on any atom is -0.370 e. The molecule has 138 valence electrons. The van der Waals surface area contributed by atoms with Crippen LogP contribution in [0.25, 0.3) is 10.9 Å². The second-order valence-electron chi connectivity index (χ2n) is 6.57. The second-order valence-corrected chi connectivity index (χ2v) is 6.57. The molecule has 27 heavy (non-hydrogen) atoms. The van der Waals surface area contributed by atoms with Crippen LogP contribution in [0.2, 0.25) is 0 Å². The zero-order valence-corrected chi connectivity index (χ0v) is 14.8. The smallest absolute Gasteiger partial charge is 0.295 e. The lowest BCUT2D eigenvalue weighted by molar-refractivity contribution is -0.383. The molecule has 7 heteroatoms. The van der Waals surface area contributed by atoms with Crippen molar-refractivity contribution in [2.24, 2.45) is 0 Å². The number of halogens is 1. The lowest BCUT2D eigenvalue weighted by Crippen LogP contribution is -2.38. The van der Waals surface area contributed by atoms with Crippen LogP contribution in [0.1, 0.15) is 17.4 Å². The van der Waals surface area contributed by atoms with Crippen LogP contribution in [0, 0.1) is 22.9 Å². The van der Waals surface area contributed by atoms with Gasteiger partial charge in [-0.3, -0.25) is 10.1 Å². The number of rotatable bonds is 3. The summed E-state index contributed by atoms with van der Waals surface area (Å²) in [4.78, 5) is 17.5. The van der Waals surface area contributed by atoms with E-state index in [4.69, 9.17) is 4.74 Å². The van der Waals surface area contributed by atoms with Gasteiger partial charge < -0.3 is 9.64 Å². The van der Waals surface area contributed by atoms with Gasteiger partial charge in [0.25, 0.3) is 5.69 Å². The number of hydrogen-bond acceptors (Lipinski definition) is 5. The van der Waals surface area contributed by atoms with Gasteiger partial charge in [-0.25, -0.2) is 9.37 Å². The van der Waals surface area contributed by atoms with Gasteiger partial charge in [0.05, 0.1) is 11.5 Å². The first-order valence-electron chi connectivity index (χ1n) is 8.70. The van der Waals surface area contributed by atoms with Crippen molar-refractivity contribution >= 4 is 22.3 Å². The number of nitrogens with zero attached hydrogens (tertiary/aromatic N) is 3. The van der Waals surface area contributed by atoms with Crippen LogP contribution in [0.15, 0.2) is 48.5 Å². The average molecular weight is 367 g/mol. The quantitative estimate of drug-likeness (QED) is 0.513. The molecule has 1 aromatic heterocycles. The summed E-state index contributed by atoms with van der Waals surface area (Å²) < 4.78 is 19.4. The molecule has 0 spiro atoms. The predicted molar refractivity (Wildman–Crippen MR) is 100 cm³/mol. The van der Waals surface area contributed by atoms with Gasteiger partial charge in [-0.05, 0) is 30.7 Å². The van der Waals surface area contributed by atoms with Gasteiger partial charge in [-0.1, -0.05) is 24.3 Å². The molecule has 1 saturated heterocycles. The Morgan fingerprint density at radius 2 is 2.07 bits per heavy atom. The average Bonchev–Trinajstić information content (AvgIpc) is 2.67. The number of hydrogen-bond donors (Lipinski definition) is 0. The maximum Gasteiger partial charge on any atom is 0.295 e. The molecule has 2 heterocycles. The number of aryl methyl sites for hydroxylation is 1.